The average molecular weight is 250 g/mol. The van der Waals surface area contributed by atoms with Crippen molar-refractivity contribution in [3.05, 3.63) is 12.4 Å². The van der Waals surface area contributed by atoms with Crippen LogP contribution in [0.2, 0.25) is 0 Å². The summed E-state index contributed by atoms with van der Waals surface area (Å²) in [7, 11) is 0. The molecule has 1 aliphatic rings. The smallest absolute Gasteiger partial charge is 0.218 e. The van der Waals surface area contributed by atoms with Gasteiger partial charge < -0.3 is 15.4 Å². The maximum atomic E-state index is 5.57. The van der Waals surface area contributed by atoms with Crippen molar-refractivity contribution in [2.24, 2.45) is 0 Å². The molecule has 2 rings (SSSR count). The largest absolute Gasteiger partial charge is 0.475 e. The Bertz CT molecular complexity index is 362. The van der Waals surface area contributed by atoms with Gasteiger partial charge in [0.1, 0.15) is 12.1 Å². The van der Waals surface area contributed by atoms with Gasteiger partial charge in [0.05, 0.1) is 6.10 Å². The Labute approximate surface area is 108 Å². The van der Waals surface area contributed by atoms with E-state index in [2.05, 4.69) is 20.6 Å². The summed E-state index contributed by atoms with van der Waals surface area (Å²) >= 11 is 0. The predicted molar refractivity (Wildman–Crippen MR) is 71.9 cm³/mol. The van der Waals surface area contributed by atoms with Crippen molar-refractivity contribution < 1.29 is 4.74 Å². The Hall–Kier alpha value is -1.36. The van der Waals surface area contributed by atoms with Crippen LogP contribution >= 0.6 is 0 Å². The molecule has 0 bridgehead atoms. The lowest BCUT2D eigenvalue weighted by Gasteiger charge is -2.17. The van der Waals surface area contributed by atoms with E-state index < -0.39 is 0 Å². The third kappa shape index (κ3) is 4.14. The summed E-state index contributed by atoms with van der Waals surface area (Å²) in [5.41, 5.74) is 0. The van der Waals surface area contributed by atoms with E-state index in [0.29, 0.717) is 11.9 Å². The summed E-state index contributed by atoms with van der Waals surface area (Å²) in [4.78, 5) is 8.35. The predicted octanol–water partition coefficient (Wildman–Crippen LogP) is 1.82. The Morgan fingerprint density at radius 3 is 3.06 bits per heavy atom. The zero-order valence-electron chi connectivity index (χ0n) is 11.1. The Kier molecular flexibility index (Phi) is 4.75. The molecule has 2 heterocycles. The zero-order chi connectivity index (χ0) is 12.8. The van der Waals surface area contributed by atoms with Crippen molar-refractivity contribution in [1.82, 2.24) is 15.3 Å². The fraction of sp³-hybridized carbons (Fsp3) is 0.692. The Morgan fingerprint density at radius 2 is 2.22 bits per heavy atom. The van der Waals surface area contributed by atoms with Gasteiger partial charge in [-0.3, -0.25) is 0 Å². The van der Waals surface area contributed by atoms with Crippen molar-refractivity contribution in [3.63, 3.8) is 0 Å². The molecule has 0 aliphatic carbocycles. The van der Waals surface area contributed by atoms with Crippen LogP contribution in [0.15, 0.2) is 12.4 Å². The maximum absolute atomic E-state index is 5.57. The van der Waals surface area contributed by atoms with Gasteiger partial charge in [-0.1, -0.05) is 0 Å². The Balaban J connectivity index is 1.95. The Morgan fingerprint density at radius 1 is 1.33 bits per heavy atom. The van der Waals surface area contributed by atoms with Crippen molar-refractivity contribution in [1.29, 1.82) is 0 Å². The van der Waals surface area contributed by atoms with Crippen molar-refractivity contribution in [2.45, 2.75) is 45.3 Å². The number of rotatable bonds is 4. The molecule has 100 valence electrons. The SMILES string of the molecule is CC(C)Oc1cc(NC2CCCNCC2)ncn1. The summed E-state index contributed by atoms with van der Waals surface area (Å²) in [6.45, 7) is 6.17. The third-order valence-corrected chi connectivity index (χ3v) is 2.93. The zero-order valence-corrected chi connectivity index (χ0v) is 11.1. The van der Waals surface area contributed by atoms with Crippen LogP contribution in [0.3, 0.4) is 0 Å². The highest BCUT2D eigenvalue weighted by atomic mass is 16.5. The molecule has 18 heavy (non-hydrogen) atoms. The lowest BCUT2D eigenvalue weighted by molar-refractivity contribution is 0.232. The van der Waals surface area contributed by atoms with Crippen LogP contribution in [0.25, 0.3) is 0 Å². The standard InChI is InChI=1S/C13H22N4O/c1-10(2)18-13-8-12(15-9-16-13)17-11-4-3-6-14-7-5-11/h8-11,14H,3-7H2,1-2H3,(H,15,16,17). The van der Waals surface area contributed by atoms with Gasteiger partial charge in [-0.2, -0.15) is 0 Å². The fourth-order valence-electron chi connectivity index (χ4n) is 2.10. The molecule has 0 spiro atoms. The van der Waals surface area contributed by atoms with E-state index in [1.54, 1.807) is 6.33 Å². The number of anilines is 1. The molecule has 0 aromatic carbocycles. The summed E-state index contributed by atoms with van der Waals surface area (Å²) in [6, 6.07) is 2.36. The molecular formula is C13H22N4O. The molecule has 1 aromatic heterocycles. The van der Waals surface area contributed by atoms with Crippen LogP contribution in [-0.2, 0) is 0 Å². The van der Waals surface area contributed by atoms with E-state index in [-0.39, 0.29) is 6.10 Å². The van der Waals surface area contributed by atoms with Gasteiger partial charge in [-0.05, 0) is 46.2 Å². The summed E-state index contributed by atoms with van der Waals surface area (Å²) < 4.78 is 5.57. The summed E-state index contributed by atoms with van der Waals surface area (Å²) in [6.07, 6.45) is 5.20. The van der Waals surface area contributed by atoms with Gasteiger partial charge in [0, 0.05) is 12.1 Å². The molecule has 1 fully saturated rings. The second-order valence-corrected chi connectivity index (χ2v) is 4.93. The van der Waals surface area contributed by atoms with Gasteiger partial charge in [-0.15, -0.1) is 0 Å². The van der Waals surface area contributed by atoms with E-state index in [9.17, 15) is 0 Å². The molecular weight excluding hydrogens is 228 g/mol. The molecule has 1 atom stereocenters. The van der Waals surface area contributed by atoms with Crippen LogP contribution in [0.5, 0.6) is 5.88 Å². The molecule has 5 nitrogen and oxygen atoms in total. The molecule has 1 aromatic rings. The van der Waals surface area contributed by atoms with Crippen LogP contribution in [0, 0.1) is 0 Å². The van der Waals surface area contributed by atoms with Gasteiger partial charge in [0.15, 0.2) is 0 Å². The number of aromatic nitrogens is 2. The van der Waals surface area contributed by atoms with E-state index in [4.69, 9.17) is 4.74 Å². The monoisotopic (exact) mass is 250 g/mol. The molecule has 0 saturated carbocycles. The molecule has 0 radical (unpaired) electrons. The number of hydrogen-bond donors (Lipinski definition) is 2. The minimum absolute atomic E-state index is 0.134. The highest BCUT2D eigenvalue weighted by molar-refractivity contribution is 5.38. The number of nitrogens with zero attached hydrogens (tertiary/aromatic N) is 2. The topological polar surface area (TPSA) is 59.1 Å². The average Bonchev–Trinajstić information content (AvgIpc) is 2.57. The van der Waals surface area contributed by atoms with Crippen LogP contribution in [-0.4, -0.2) is 35.2 Å². The van der Waals surface area contributed by atoms with Gasteiger partial charge in [0.25, 0.3) is 0 Å². The first-order valence-corrected chi connectivity index (χ1v) is 6.70. The molecule has 1 saturated heterocycles. The number of hydrogen-bond acceptors (Lipinski definition) is 5. The second kappa shape index (κ2) is 6.54. The molecule has 2 N–H and O–H groups in total. The highest BCUT2D eigenvalue weighted by Gasteiger charge is 2.12. The lowest BCUT2D eigenvalue weighted by atomic mass is 10.1. The summed E-state index contributed by atoms with van der Waals surface area (Å²) in [5, 5.41) is 6.87. The third-order valence-electron chi connectivity index (χ3n) is 2.93. The van der Waals surface area contributed by atoms with Crippen LogP contribution < -0.4 is 15.4 Å². The minimum Gasteiger partial charge on any atom is -0.475 e. The molecule has 1 aliphatic heterocycles. The number of nitrogens with one attached hydrogen (secondary N) is 2. The van der Waals surface area contributed by atoms with E-state index in [0.717, 1.165) is 25.3 Å². The van der Waals surface area contributed by atoms with Gasteiger partial charge >= 0.3 is 0 Å². The quantitative estimate of drug-likeness (QED) is 0.853. The van der Waals surface area contributed by atoms with Gasteiger partial charge in [-0.25, -0.2) is 9.97 Å². The van der Waals surface area contributed by atoms with Crippen LogP contribution in [0.4, 0.5) is 5.82 Å². The molecule has 0 amide bonds. The van der Waals surface area contributed by atoms with E-state index in [1.807, 2.05) is 19.9 Å². The first kappa shape index (κ1) is 13.1. The molecule has 5 heteroatoms. The second-order valence-electron chi connectivity index (χ2n) is 4.93. The van der Waals surface area contributed by atoms with Crippen molar-refractivity contribution >= 4 is 5.82 Å². The maximum Gasteiger partial charge on any atom is 0.218 e. The van der Waals surface area contributed by atoms with Crippen molar-refractivity contribution in [3.8, 4) is 5.88 Å². The van der Waals surface area contributed by atoms with E-state index >= 15 is 0 Å². The first-order chi connectivity index (χ1) is 8.74. The van der Waals surface area contributed by atoms with Crippen molar-refractivity contribution in [2.75, 3.05) is 18.4 Å². The molecule has 1 unspecified atom stereocenters. The first-order valence-electron chi connectivity index (χ1n) is 6.70. The normalized spacial score (nSPS) is 20.5. The minimum atomic E-state index is 0.134. The lowest BCUT2D eigenvalue weighted by Crippen LogP contribution is -2.22. The summed E-state index contributed by atoms with van der Waals surface area (Å²) in [5.74, 6) is 1.49. The number of ether oxygens (including phenoxy) is 1. The van der Waals surface area contributed by atoms with Crippen LogP contribution in [0.1, 0.15) is 33.1 Å². The van der Waals surface area contributed by atoms with E-state index in [1.165, 1.54) is 12.8 Å². The highest BCUT2D eigenvalue weighted by Crippen LogP contribution is 2.16. The fourth-order valence-corrected chi connectivity index (χ4v) is 2.10. The van der Waals surface area contributed by atoms with Gasteiger partial charge in [0.2, 0.25) is 5.88 Å².